The molecule has 5 heteroatoms. The summed E-state index contributed by atoms with van der Waals surface area (Å²) in [6, 6.07) is 5.90. The standard InChI is InChI=1S/C19H29NO3S/c1-5-6-12-24-14(2)19(21)20-11-7-8-17(20)16-13-15(22-3)9-10-18(16)23-4/h9-10,13-14,17H,5-8,11-12H2,1-4H3. The molecule has 0 aliphatic carbocycles. The summed E-state index contributed by atoms with van der Waals surface area (Å²) < 4.78 is 10.9. The molecule has 0 spiro atoms. The molecule has 1 aliphatic heterocycles. The number of thioether (sulfide) groups is 1. The number of hydrogen-bond acceptors (Lipinski definition) is 4. The highest BCUT2D eigenvalue weighted by Gasteiger charge is 2.34. The Bertz CT molecular complexity index is 549. The fraction of sp³-hybridized carbons (Fsp3) is 0.632. The maximum absolute atomic E-state index is 12.9. The van der Waals surface area contributed by atoms with Crippen LogP contribution in [-0.4, -0.2) is 42.6 Å². The van der Waals surface area contributed by atoms with Gasteiger partial charge in [0, 0.05) is 12.1 Å². The van der Waals surface area contributed by atoms with Crippen molar-refractivity contribution < 1.29 is 14.3 Å². The van der Waals surface area contributed by atoms with Crippen LogP contribution in [-0.2, 0) is 4.79 Å². The molecule has 134 valence electrons. The van der Waals surface area contributed by atoms with Gasteiger partial charge in [-0.1, -0.05) is 13.3 Å². The Morgan fingerprint density at radius 2 is 2.17 bits per heavy atom. The van der Waals surface area contributed by atoms with Gasteiger partial charge in [-0.2, -0.15) is 0 Å². The molecule has 0 radical (unpaired) electrons. The topological polar surface area (TPSA) is 38.8 Å². The SMILES string of the molecule is CCCCSC(C)C(=O)N1CCCC1c1cc(OC)ccc1OC. The Hall–Kier alpha value is -1.36. The Morgan fingerprint density at radius 3 is 2.83 bits per heavy atom. The van der Waals surface area contributed by atoms with Crippen molar-refractivity contribution in [3.05, 3.63) is 23.8 Å². The summed E-state index contributed by atoms with van der Waals surface area (Å²) in [5.74, 6) is 2.91. The van der Waals surface area contributed by atoms with Gasteiger partial charge < -0.3 is 14.4 Å². The average Bonchev–Trinajstić information content (AvgIpc) is 3.10. The summed E-state index contributed by atoms with van der Waals surface area (Å²) in [6.45, 7) is 5.03. The number of likely N-dealkylation sites (tertiary alicyclic amines) is 1. The zero-order valence-corrected chi connectivity index (χ0v) is 16.0. The first-order chi connectivity index (χ1) is 11.6. The second-order valence-electron chi connectivity index (χ2n) is 6.16. The van der Waals surface area contributed by atoms with Crippen molar-refractivity contribution in [1.29, 1.82) is 0 Å². The van der Waals surface area contributed by atoms with E-state index in [1.165, 1.54) is 6.42 Å². The molecule has 0 saturated carbocycles. The molecular formula is C19H29NO3S. The number of carbonyl (C=O) groups excluding carboxylic acids is 1. The number of nitrogens with zero attached hydrogens (tertiary/aromatic N) is 1. The average molecular weight is 352 g/mol. The van der Waals surface area contributed by atoms with Crippen LogP contribution in [0.1, 0.15) is 51.1 Å². The van der Waals surface area contributed by atoms with Crippen molar-refractivity contribution >= 4 is 17.7 Å². The first-order valence-corrected chi connectivity index (χ1v) is 9.81. The second kappa shape index (κ2) is 9.21. The highest BCUT2D eigenvalue weighted by atomic mass is 32.2. The lowest BCUT2D eigenvalue weighted by Gasteiger charge is -2.29. The minimum Gasteiger partial charge on any atom is -0.497 e. The van der Waals surface area contributed by atoms with Gasteiger partial charge >= 0.3 is 0 Å². The van der Waals surface area contributed by atoms with Gasteiger partial charge in [-0.15, -0.1) is 11.8 Å². The third-order valence-corrected chi connectivity index (χ3v) is 5.77. The first-order valence-electron chi connectivity index (χ1n) is 8.76. The smallest absolute Gasteiger partial charge is 0.235 e. The van der Waals surface area contributed by atoms with Gasteiger partial charge in [0.1, 0.15) is 11.5 Å². The molecule has 0 N–H and O–H groups in total. The fourth-order valence-corrected chi connectivity index (χ4v) is 4.25. The van der Waals surface area contributed by atoms with Gasteiger partial charge in [-0.3, -0.25) is 4.79 Å². The van der Waals surface area contributed by atoms with Crippen molar-refractivity contribution in [2.24, 2.45) is 0 Å². The van der Waals surface area contributed by atoms with E-state index in [1.54, 1.807) is 26.0 Å². The summed E-state index contributed by atoms with van der Waals surface area (Å²) in [5.41, 5.74) is 1.05. The predicted octanol–water partition coefficient (Wildman–Crippen LogP) is 4.29. The summed E-state index contributed by atoms with van der Waals surface area (Å²) in [6.07, 6.45) is 4.33. The molecule has 1 heterocycles. The first kappa shape index (κ1) is 19.0. The van der Waals surface area contributed by atoms with Crippen molar-refractivity contribution in [1.82, 2.24) is 4.90 Å². The summed E-state index contributed by atoms with van der Waals surface area (Å²) in [5, 5.41) is 0.00810. The molecule has 0 bridgehead atoms. The summed E-state index contributed by atoms with van der Waals surface area (Å²) in [4.78, 5) is 14.9. The van der Waals surface area contributed by atoms with E-state index in [9.17, 15) is 4.79 Å². The number of carbonyl (C=O) groups is 1. The van der Waals surface area contributed by atoms with Crippen LogP contribution in [0.25, 0.3) is 0 Å². The van der Waals surface area contributed by atoms with E-state index in [1.807, 2.05) is 30.0 Å². The van der Waals surface area contributed by atoms with Crippen LogP contribution in [0.2, 0.25) is 0 Å². The minimum atomic E-state index is 0.00810. The third kappa shape index (κ3) is 4.38. The molecule has 24 heavy (non-hydrogen) atoms. The molecule has 2 atom stereocenters. The molecule has 1 aromatic carbocycles. The zero-order valence-electron chi connectivity index (χ0n) is 15.2. The van der Waals surface area contributed by atoms with Gasteiger partial charge in [0.25, 0.3) is 0 Å². The van der Waals surface area contributed by atoms with Gasteiger partial charge in [-0.25, -0.2) is 0 Å². The van der Waals surface area contributed by atoms with Crippen LogP contribution >= 0.6 is 11.8 Å². The number of ether oxygens (including phenoxy) is 2. The molecule has 4 nitrogen and oxygen atoms in total. The number of rotatable bonds is 8. The van der Waals surface area contributed by atoms with E-state index in [2.05, 4.69) is 6.92 Å². The number of benzene rings is 1. The van der Waals surface area contributed by atoms with Gasteiger partial charge in [0.15, 0.2) is 0 Å². The largest absolute Gasteiger partial charge is 0.497 e. The van der Waals surface area contributed by atoms with Crippen molar-refractivity contribution in [2.45, 2.75) is 50.8 Å². The Kier molecular flexibility index (Phi) is 7.28. The van der Waals surface area contributed by atoms with Crippen LogP contribution in [0, 0.1) is 0 Å². The predicted molar refractivity (Wildman–Crippen MR) is 100 cm³/mol. The fourth-order valence-electron chi connectivity index (χ4n) is 3.16. The molecule has 2 rings (SSSR count). The number of amides is 1. The van der Waals surface area contributed by atoms with Crippen molar-refractivity contribution in [2.75, 3.05) is 26.5 Å². The quantitative estimate of drug-likeness (QED) is 0.655. The van der Waals surface area contributed by atoms with Gasteiger partial charge in [-0.05, 0) is 50.1 Å². The number of unbranched alkanes of at least 4 members (excludes halogenated alkanes) is 1. The van der Waals surface area contributed by atoms with Crippen LogP contribution < -0.4 is 9.47 Å². The van der Waals surface area contributed by atoms with E-state index in [-0.39, 0.29) is 17.2 Å². The lowest BCUT2D eigenvalue weighted by atomic mass is 10.0. The Labute approximate surface area is 149 Å². The summed E-state index contributed by atoms with van der Waals surface area (Å²) in [7, 11) is 3.34. The Morgan fingerprint density at radius 1 is 1.38 bits per heavy atom. The molecule has 2 unspecified atom stereocenters. The van der Waals surface area contributed by atoms with Crippen LogP contribution in [0.5, 0.6) is 11.5 Å². The van der Waals surface area contributed by atoms with Crippen LogP contribution in [0.4, 0.5) is 0 Å². The van der Waals surface area contributed by atoms with E-state index in [0.29, 0.717) is 0 Å². The van der Waals surface area contributed by atoms with Crippen molar-refractivity contribution in [3.8, 4) is 11.5 Å². The minimum absolute atomic E-state index is 0.00810. The van der Waals surface area contributed by atoms with E-state index >= 15 is 0 Å². The van der Waals surface area contributed by atoms with E-state index in [4.69, 9.17) is 9.47 Å². The third-order valence-electron chi connectivity index (χ3n) is 4.55. The zero-order chi connectivity index (χ0) is 17.5. The lowest BCUT2D eigenvalue weighted by molar-refractivity contribution is -0.131. The molecule has 0 aromatic heterocycles. The molecule has 1 fully saturated rings. The molecular weight excluding hydrogens is 322 g/mol. The van der Waals surface area contributed by atoms with Gasteiger partial charge in [0.05, 0.1) is 25.5 Å². The highest BCUT2D eigenvalue weighted by Crippen LogP contribution is 2.39. The normalized spacial score (nSPS) is 18.5. The Balaban J connectivity index is 2.16. The molecule has 1 aliphatic rings. The summed E-state index contributed by atoms with van der Waals surface area (Å²) >= 11 is 1.76. The second-order valence-corrected chi connectivity index (χ2v) is 7.61. The molecule has 1 amide bonds. The van der Waals surface area contributed by atoms with E-state index < -0.39 is 0 Å². The van der Waals surface area contributed by atoms with E-state index in [0.717, 1.165) is 48.6 Å². The number of methoxy groups -OCH3 is 2. The maximum Gasteiger partial charge on any atom is 0.235 e. The monoisotopic (exact) mass is 351 g/mol. The number of hydrogen-bond donors (Lipinski definition) is 0. The lowest BCUT2D eigenvalue weighted by Crippen LogP contribution is -2.36. The van der Waals surface area contributed by atoms with Crippen LogP contribution in [0.3, 0.4) is 0 Å². The molecule has 1 aromatic rings. The van der Waals surface area contributed by atoms with Gasteiger partial charge in [0.2, 0.25) is 5.91 Å². The molecule has 1 saturated heterocycles. The van der Waals surface area contributed by atoms with Crippen molar-refractivity contribution in [3.63, 3.8) is 0 Å². The highest BCUT2D eigenvalue weighted by molar-refractivity contribution is 8.00. The maximum atomic E-state index is 12.9. The van der Waals surface area contributed by atoms with Crippen LogP contribution in [0.15, 0.2) is 18.2 Å².